The second-order valence-electron chi connectivity index (χ2n) is 5.11. The monoisotopic (exact) mass is 384 g/mol. The van der Waals surface area contributed by atoms with Gasteiger partial charge in [-0.15, -0.1) is 0 Å². The largest absolute Gasteiger partial charge is 0.507 e. The first-order valence-corrected chi connectivity index (χ1v) is 9.16. The fourth-order valence-electron chi connectivity index (χ4n) is 2.02. The summed E-state index contributed by atoms with van der Waals surface area (Å²) in [5, 5.41) is 21.3. The van der Waals surface area contributed by atoms with Crippen molar-refractivity contribution >= 4 is 27.5 Å². The van der Waals surface area contributed by atoms with Gasteiger partial charge in [0.1, 0.15) is 5.75 Å². The molecule has 0 unspecified atom stereocenters. The van der Waals surface area contributed by atoms with Crippen molar-refractivity contribution in [2.45, 2.75) is 11.4 Å². The van der Waals surface area contributed by atoms with E-state index in [-0.39, 0.29) is 35.9 Å². The van der Waals surface area contributed by atoms with Gasteiger partial charge in [0.05, 0.1) is 17.1 Å². The van der Waals surface area contributed by atoms with E-state index in [9.17, 15) is 18.3 Å². The molecule has 0 saturated carbocycles. The van der Waals surface area contributed by atoms with E-state index >= 15 is 0 Å². The van der Waals surface area contributed by atoms with E-state index in [0.29, 0.717) is 10.6 Å². The maximum Gasteiger partial charge on any atom is 0.255 e. The molecular weight excluding hydrogens is 368 g/mol. The Morgan fingerprint density at radius 2 is 1.80 bits per heavy atom. The molecule has 0 aliphatic rings. The van der Waals surface area contributed by atoms with Crippen molar-refractivity contribution in [2.75, 3.05) is 13.2 Å². The van der Waals surface area contributed by atoms with E-state index in [2.05, 4.69) is 10.0 Å². The van der Waals surface area contributed by atoms with Crippen LogP contribution in [0.5, 0.6) is 5.75 Å². The maximum atomic E-state index is 12.1. The number of carbonyl (C=O) groups is 1. The molecule has 4 N–H and O–H groups in total. The molecule has 0 heterocycles. The standard InChI is InChI=1S/C16H17ClN2O5S/c17-12-3-6-15(21)14(9-12)16(22)18-10-11-1-4-13(5-2-11)25(23,24)19-7-8-20/h1-6,9,19-21H,7-8,10H2,(H,18,22). The number of amides is 1. The summed E-state index contributed by atoms with van der Waals surface area (Å²) in [6.45, 7) is -0.210. The minimum absolute atomic E-state index is 0.0555. The molecule has 2 rings (SSSR count). The van der Waals surface area contributed by atoms with Crippen LogP contribution in [0.15, 0.2) is 47.4 Å². The zero-order valence-corrected chi connectivity index (χ0v) is 14.6. The number of sulfonamides is 1. The number of phenolic OH excluding ortho intramolecular Hbond substituents is 1. The molecule has 134 valence electrons. The number of aliphatic hydroxyl groups is 1. The average Bonchev–Trinajstić information content (AvgIpc) is 2.60. The van der Waals surface area contributed by atoms with Crippen LogP contribution in [-0.4, -0.2) is 37.7 Å². The predicted octanol–water partition coefficient (Wildman–Crippen LogP) is 1.25. The molecule has 25 heavy (non-hydrogen) atoms. The molecule has 0 aromatic heterocycles. The van der Waals surface area contributed by atoms with Crippen LogP contribution in [0.3, 0.4) is 0 Å². The molecule has 0 fully saturated rings. The Morgan fingerprint density at radius 3 is 2.44 bits per heavy atom. The Bertz CT molecular complexity index is 853. The van der Waals surface area contributed by atoms with Gasteiger partial charge in [0.25, 0.3) is 5.91 Å². The van der Waals surface area contributed by atoms with Crippen molar-refractivity contribution in [3.05, 3.63) is 58.6 Å². The summed E-state index contributed by atoms with van der Waals surface area (Å²) in [7, 11) is -3.67. The van der Waals surface area contributed by atoms with E-state index in [4.69, 9.17) is 16.7 Å². The summed E-state index contributed by atoms with van der Waals surface area (Å²) in [6, 6.07) is 10.1. The number of aliphatic hydroxyl groups excluding tert-OH is 1. The SMILES string of the molecule is O=C(NCc1ccc(S(=O)(=O)NCCO)cc1)c1cc(Cl)ccc1O. The fourth-order valence-corrected chi connectivity index (χ4v) is 3.21. The zero-order valence-electron chi connectivity index (χ0n) is 13.1. The normalized spacial score (nSPS) is 11.3. The van der Waals surface area contributed by atoms with E-state index in [1.807, 2.05) is 0 Å². The van der Waals surface area contributed by atoms with Gasteiger partial charge in [0.2, 0.25) is 10.0 Å². The summed E-state index contributed by atoms with van der Waals surface area (Å²) in [5.74, 6) is -0.681. The molecule has 7 nitrogen and oxygen atoms in total. The highest BCUT2D eigenvalue weighted by Gasteiger charge is 2.14. The topological polar surface area (TPSA) is 116 Å². The Balaban J connectivity index is 2.02. The lowest BCUT2D eigenvalue weighted by atomic mass is 10.1. The van der Waals surface area contributed by atoms with Crippen LogP contribution in [0.2, 0.25) is 5.02 Å². The first kappa shape index (κ1) is 19.2. The summed E-state index contributed by atoms with van der Waals surface area (Å²) >= 11 is 5.80. The number of carbonyl (C=O) groups excluding carboxylic acids is 1. The van der Waals surface area contributed by atoms with Crippen molar-refractivity contribution in [1.29, 1.82) is 0 Å². The molecule has 0 saturated heterocycles. The summed E-state index contributed by atoms with van der Waals surface area (Å²) in [6.07, 6.45) is 0. The number of nitrogens with one attached hydrogen (secondary N) is 2. The number of aromatic hydroxyl groups is 1. The van der Waals surface area contributed by atoms with E-state index in [1.54, 1.807) is 12.1 Å². The van der Waals surface area contributed by atoms with Gasteiger partial charge >= 0.3 is 0 Å². The van der Waals surface area contributed by atoms with Crippen molar-refractivity contribution in [2.24, 2.45) is 0 Å². The summed E-state index contributed by atoms with van der Waals surface area (Å²) in [4.78, 5) is 12.1. The van der Waals surface area contributed by atoms with Crippen molar-refractivity contribution in [1.82, 2.24) is 10.0 Å². The highest BCUT2D eigenvalue weighted by atomic mass is 35.5. The second-order valence-corrected chi connectivity index (χ2v) is 7.31. The zero-order chi connectivity index (χ0) is 18.4. The van der Waals surface area contributed by atoms with Crippen LogP contribution in [0.25, 0.3) is 0 Å². The van der Waals surface area contributed by atoms with Crippen LogP contribution in [0.1, 0.15) is 15.9 Å². The van der Waals surface area contributed by atoms with Gasteiger partial charge in [-0.3, -0.25) is 4.79 Å². The number of hydrogen-bond acceptors (Lipinski definition) is 5. The Morgan fingerprint density at radius 1 is 1.12 bits per heavy atom. The van der Waals surface area contributed by atoms with Crippen LogP contribution in [0, 0.1) is 0 Å². The second kappa shape index (κ2) is 8.30. The van der Waals surface area contributed by atoms with Gasteiger partial charge in [0.15, 0.2) is 0 Å². The van der Waals surface area contributed by atoms with Gasteiger partial charge in [-0.2, -0.15) is 0 Å². The minimum atomic E-state index is -3.67. The molecule has 0 radical (unpaired) electrons. The third kappa shape index (κ3) is 5.17. The average molecular weight is 385 g/mol. The molecule has 2 aromatic rings. The number of rotatable bonds is 7. The van der Waals surface area contributed by atoms with Gasteiger partial charge in [-0.05, 0) is 35.9 Å². The molecule has 0 spiro atoms. The predicted molar refractivity (Wildman–Crippen MR) is 93.0 cm³/mol. The smallest absolute Gasteiger partial charge is 0.255 e. The quantitative estimate of drug-likeness (QED) is 0.573. The van der Waals surface area contributed by atoms with Crippen molar-refractivity contribution in [3.63, 3.8) is 0 Å². The molecule has 0 bridgehead atoms. The lowest BCUT2D eigenvalue weighted by Gasteiger charge is -2.09. The first-order chi connectivity index (χ1) is 11.8. The van der Waals surface area contributed by atoms with Gasteiger partial charge in [0, 0.05) is 18.1 Å². The molecule has 2 aromatic carbocycles. The Kier molecular flexibility index (Phi) is 6.38. The fraction of sp³-hybridized carbons (Fsp3) is 0.188. The number of benzene rings is 2. The molecule has 1 amide bonds. The van der Waals surface area contributed by atoms with Gasteiger partial charge < -0.3 is 15.5 Å². The van der Waals surface area contributed by atoms with Crippen LogP contribution < -0.4 is 10.0 Å². The van der Waals surface area contributed by atoms with Gasteiger partial charge in [-0.1, -0.05) is 23.7 Å². The molecule has 0 atom stereocenters. The highest BCUT2D eigenvalue weighted by Crippen LogP contribution is 2.21. The lowest BCUT2D eigenvalue weighted by molar-refractivity contribution is 0.0948. The molecule has 0 aliphatic carbocycles. The highest BCUT2D eigenvalue weighted by molar-refractivity contribution is 7.89. The lowest BCUT2D eigenvalue weighted by Crippen LogP contribution is -2.26. The Hall–Kier alpha value is -2.13. The first-order valence-electron chi connectivity index (χ1n) is 7.29. The molecule has 9 heteroatoms. The van der Waals surface area contributed by atoms with E-state index in [1.165, 1.54) is 30.3 Å². The van der Waals surface area contributed by atoms with Crippen LogP contribution in [-0.2, 0) is 16.6 Å². The minimum Gasteiger partial charge on any atom is -0.507 e. The van der Waals surface area contributed by atoms with Crippen LogP contribution >= 0.6 is 11.6 Å². The third-order valence-corrected chi connectivity index (χ3v) is 5.01. The van der Waals surface area contributed by atoms with Gasteiger partial charge in [-0.25, -0.2) is 13.1 Å². The number of hydrogen-bond donors (Lipinski definition) is 4. The Labute approximate surface area is 150 Å². The molecular formula is C16H17ClN2O5S. The summed E-state index contributed by atoms with van der Waals surface area (Å²) in [5.41, 5.74) is 0.732. The number of phenols is 1. The van der Waals surface area contributed by atoms with Crippen molar-refractivity contribution < 1.29 is 23.4 Å². The maximum absolute atomic E-state index is 12.1. The third-order valence-electron chi connectivity index (χ3n) is 3.29. The van der Waals surface area contributed by atoms with E-state index in [0.717, 1.165) is 0 Å². The number of halogens is 1. The van der Waals surface area contributed by atoms with Crippen LogP contribution in [0.4, 0.5) is 0 Å². The molecule has 0 aliphatic heterocycles. The van der Waals surface area contributed by atoms with Crippen molar-refractivity contribution in [3.8, 4) is 5.75 Å². The van der Waals surface area contributed by atoms with E-state index < -0.39 is 15.9 Å². The summed E-state index contributed by atoms with van der Waals surface area (Å²) < 4.78 is 26.0.